The number of allylic oxidation sites excluding steroid dienone is 2. The van der Waals surface area contributed by atoms with E-state index in [1.54, 1.807) is 25.3 Å². The number of hydrogen-bond donors (Lipinski definition) is 1. The average Bonchev–Trinajstić information content (AvgIpc) is 2.56. The van der Waals surface area contributed by atoms with E-state index in [-0.39, 0.29) is 17.5 Å². The normalized spacial score (nSPS) is 17.6. The Morgan fingerprint density at radius 3 is 2.39 bits per heavy atom. The molecule has 23 heavy (non-hydrogen) atoms. The third-order valence-corrected chi connectivity index (χ3v) is 3.99. The van der Waals surface area contributed by atoms with Gasteiger partial charge in [-0.15, -0.1) is 0 Å². The smallest absolute Gasteiger partial charge is 0.158 e. The van der Waals surface area contributed by atoms with Gasteiger partial charge in [0.05, 0.1) is 7.11 Å². The number of halogens is 1. The Kier molecular flexibility index (Phi) is 4.42. The Labute approximate surface area is 134 Å². The van der Waals surface area contributed by atoms with Gasteiger partial charge in [-0.2, -0.15) is 0 Å². The van der Waals surface area contributed by atoms with Gasteiger partial charge in [0.2, 0.25) is 0 Å². The second kappa shape index (κ2) is 6.65. The molecule has 0 amide bonds. The standard InChI is InChI=1S/C19H18FNO2/c1-23-19-8-2-13(3-9-19)14-10-17(12-18(22)11-14)21-16-6-4-15(20)5-7-16/h2-9,12,14,21H,10-11H2,1H3. The molecule has 0 aromatic heterocycles. The Morgan fingerprint density at radius 1 is 1.04 bits per heavy atom. The van der Waals surface area contributed by atoms with Crippen molar-refractivity contribution in [1.82, 2.24) is 0 Å². The summed E-state index contributed by atoms with van der Waals surface area (Å²) in [7, 11) is 1.63. The number of carbonyl (C=O) groups excluding carboxylic acids is 1. The van der Waals surface area contributed by atoms with Gasteiger partial charge in [0, 0.05) is 23.9 Å². The van der Waals surface area contributed by atoms with Gasteiger partial charge in [-0.25, -0.2) is 4.39 Å². The number of carbonyl (C=O) groups is 1. The highest BCUT2D eigenvalue weighted by Crippen LogP contribution is 2.32. The minimum absolute atomic E-state index is 0.0988. The molecule has 1 atom stereocenters. The van der Waals surface area contributed by atoms with E-state index in [2.05, 4.69) is 5.32 Å². The van der Waals surface area contributed by atoms with Crippen LogP contribution in [-0.4, -0.2) is 12.9 Å². The molecule has 1 N–H and O–H groups in total. The fourth-order valence-corrected chi connectivity index (χ4v) is 2.81. The molecule has 4 heteroatoms. The van der Waals surface area contributed by atoms with E-state index in [4.69, 9.17) is 4.74 Å². The number of hydrogen-bond acceptors (Lipinski definition) is 3. The van der Waals surface area contributed by atoms with Crippen molar-refractivity contribution >= 4 is 11.5 Å². The fraction of sp³-hybridized carbons (Fsp3) is 0.211. The van der Waals surface area contributed by atoms with Crippen molar-refractivity contribution in [3.63, 3.8) is 0 Å². The minimum atomic E-state index is -0.277. The van der Waals surface area contributed by atoms with Crippen LogP contribution in [0.3, 0.4) is 0 Å². The molecule has 0 aliphatic heterocycles. The summed E-state index contributed by atoms with van der Waals surface area (Å²) in [5, 5.41) is 3.21. The van der Waals surface area contributed by atoms with Gasteiger partial charge in [-0.1, -0.05) is 12.1 Å². The molecule has 2 aromatic rings. The monoisotopic (exact) mass is 311 g/mol. The van der Waals surface area contributed by atoms with Gasteiger partial charge in [0.1, 0.15) is 11.6 Å². The van der Waals surface area contributed by atoms with Crippen molar-refractivity contribution in [3.05, 3.63) is 71.7 Å². The first-order valence-corrected chi connectivity index (χ1v) is 7.54. The number of rotatable bonds is 4. The molecule has 0 radical (unpaired) electrons. The van der Waals surface area contributed by atoms with Gasteiger partial charge in [0.15, 0.2) is 5.78 Å². The third-order valence-electron chi connectivity index (χ3n) is 3.99. The quantitative estimate of drug-likeness (QED) is 0.916. The minimum Gasteiger partial charge on any atom is -0.497 e. The highest BCUT2D eigenvalue weighted by atomic mass is 19.1. The van der Waals surface area contributed by atoms with Crippen LogP contribution in [0.4, 0.5) is 10.1 Å². The second-order valence-corrected chi connectivity index (χ2v) is 5.65. The molecule has 0 saturated carbocycles. The Balaban J connectivity index is 1.74. The molecule has 0 fully saturated rings. The zero-order valence-corrected chi connectivity index (χ0v) is 12.9. The molecular formula is C19H18FNO2. The maximum absolute atomic E-state index is 13.0. The molecule has 118 valence electrons. The lowest BCUT2D eigenvalue weighted by Gasteiger charge is -2.23. The van der Waals surface area contributed by atoms with Gasteiger partial charge in [-0.05, 0) is 54.3 Å². The van der Waals surface area contributed by atoms with E-state index in [0.717, 1.165) is 29.1 Å². The van der Waals surface area contributed by atoms with Crippen molar-refractivity contribution in [2.45, 2.75) is 18.8 Å². The lowest BCUT2D eigenvalue weighted by molar-refractivity contribution is -0.115. The maximum atomic E-state index is 13.0. The van der Waals surface area contributed by atoms with E-state index < -0.39 is 0 Å². The first kappa shape index (κ1) is 15.3. The van der Waals surface area contributed by atoms with Crippen LogP contribution in [0, 0.1) is 5.82 Å². The van der Waals surface area contributed by atoms with Crippen LogP contribution in [0.25, 0.3) is 0 Å². The predicted octanol–water partition coefficient (Wildman–Crippen LogP) is 4.28. The fourth-order valence-electron chi connectivity index (χ4n) is 2.81. The topological polar surface area (TPSA) is 38.3 Å². The number of benzene rings is 2. The SMILES string of the molecule is COc1ccc(C2CC(=O)C=C(Nc3ccc(F)cc3)C2)cc1. The van der Waals surface area contributed by atoms with Crippen LogP contribution in [0.5, 0.6) is 5.75 Å². The van der Waals surface area contributed by atoms with Crippen molar-refractivity contribution < 1.29 is 13.9 Å². The summed E-state index contributed by atoms with van der Waals surface area (Å²) in [6.45, 7) is 0. The molecule has 0 saturated heterocycles. The molecule has 0 bridgehead atoms. The van der Waals surface area contributed by atoms with Crippen LogP contribution in [-0.2, 0) is 4.79 Å². The molecule has 0 heterocycles. The molecule has 3 rings (SSSR count). The van der Waals surface area contributed by atoms with E-state index in [1.807, 2.05) is 24.3 Å². The summed E-state index contributed by atoms with van der Waals surface area (Å²) in [5.74, 6) is 0.763. The molecule has 1 aliphatic carbocycles. The van der Waals surface area contributed by atoms with Gasteiger partial charge in [-0.3, -0.25) is 4.79 Å². The van der Waals surface area contributed by atoms with Gasteiger partial charge >= 0.3 is 0 Å². The van der Waals surface area contributed by atoms with E-state index in [9.17, 15) is 9.18 Å². The average molecular weight is 311 g/mol. The largest absolute Gasteiger partial charge is 0.497 e. The summed E-state index contributed by atoms with van der Waals surface area (Å²) in [4.78, 5) is 12.0. The van der Waals surface area contributed by atoms with Gasteiger partial charge in [0.25, 0.3) is 0 Å². The summed E-state index contributed by atoms with van der Waals surface area (Å²) in [5.41, 5.74) is 2.75. The highest BCUT2D eigenvalue weighted by molar-refractivity contribution is 5.92. The number of anilines is 1. The zero-order chi connectivity index (χ0) is 16.2. The zero-order valence-electron chi connectivity index (χ0n) is 12.9. The van der Waals surface area contributed by atoms with Gasteiger partial charge < -0.3 is 10.1 Å². The Bertz CT molecular complexity index is 720. The Hall–Kier alpha value is -2.62. The van der Waals surface area contributed by atoms with Crippen LogP contribution in [0.15, 0.2) is 60.3 Å². The van der Waals surface area contributed by atoms with Crippen molar-refractivity contribution in [1.29, 1.82) is 0 Å². The molecular weight excluding hydrogens is 293 g/mol. The highest BCUT2D eigenvalue weighted by Gasteiger charge is 2.22. The third kappa shape index (κ3) is 3.77. The Morgan fingerprint density at radius 2 is 1.74 bits per heavy atom. The van der Waals surface area contributed by atoms with Crippen LogP contribution >= 0.6 is 0 Å². The molecule has 2 aromatic carbocycles. The molecule has 3 nitrogen and oxygen atoms in total. The van der Waals surface area contributed by atoms with E-state index in [0.29, 0.717) is 6.42 Å². The number of ketones is 1. The molecule has 1 aliphatic rings. The molecule has 0 spiro atoms. The number of nitrogens with one attached hydrogen (secondary N) is 1. The lowest BCUT2D eigenvalue weighted by atomic mass is 9.85. The molecule has 1 unspecified atom stereocenters. The van der Waals surface area contributed by atoms with Crippen molar-refractivity contribution in [3.8, 4) is 5.75 Å². The van der Waals surface area contributed by atoms with Crippen molar-refractivity contribution in [2.75, 3.05) is 12.4 Å². The lowest BCUT2D eigenvalue weighted by Crippen LogP contribution is -2.16. The van der Waals surface area contributed by atoms with E-state index in [1.165, 1.54) is 12.1 Å². The number of ether oxygens (including phenoxy) is 1. The van der Waals surface area contributed by atoms with Crippen LogP contribution in [0.2, 0.25) is 0 Å². The predicted molar refractivity (Wildman–Crippen MR) is 88.1 cm³/mol. The maximum Gasteiger partial charge on any atom is 0.158 e. The number of methoxy groups -OCH3 is 1. The summed E-state index contributed by atoms with van der Waals surface area (Å²) in [6.07, 6.45) is 2.89. The van der Waals surface area contributed by atoms with E-state index >= 15 is 0 Å². The van der Waals surface area contributed by atoms with Crippen LogP contribution < -0.4 is 10.1 Å². The summed E-state index contributed by atoms with van der Waals surface area (Å²) < 4.78 is 18.1. The van der Waals surface area contributed by atoms with Crippen LogP contribution in [0.1, 0.15) is 24.3 Å². The first-order valence-electron chi connectivity index (χ1n) is 7.54. The van der Waals surface area contributed by atoms with Crippen molar-refractivity contribution in [2.24, 2.45) is 0 Å². The summed E-state index contributed by atoms with van der Waals surface area (Å²) in [6, 6.07) is 13.9. The first-order chi connectivity index (χ1) is 11.1. The summed E-state index contributed by atoms with van der Waals surface area (Å²) >= 11 is 0. The second-order valence-electron chi connectivity index (χ2n) is 5.65.